The molecule has 32 heavy (non-hydrogen) atoms. The van der Waals surface area contributed by atoms with Gasteiger partial charge in [-0.1, -0.05) is 28.1 Å². The molecule has 2 aromatic heterocycles. The minimum Gasteiger partial charge on any atom is -0.480 e. The number of hydrogen-bond donors (Lipinski definition) is 2. The largest absolute Gasteiger partial charge is 0.480 e. The molecule has 8 nitrogen and oxygen atoms in total. The Balaban J connectivity index is 1.57. The van der Waals surface area contributed by atoms with E-state index in [1.54, 1.807) is 22.9 Å². The van der Waals surface area contributed by atoms with Crippen LogP contribution in [-0.4, -0.2) is 49.3 Å². The number of pyridine rings is 1. The van der Waals surface area contributed by atoms with Gasteiger partial charge in [0.25, 0.3) is 5.56 Å². The molecule has 2 N–H and O–H groups in total. The fourth-order valence-corrected chi connectivity index (χ4v) is 5.77. The molecule has 9 heteroatoms. The fraction of sp³-hybridized carbons (Fsp3) is 0.348. The lowest BCUT2D eigenvalue weighted by Gasteiger charge is -2.44. The zero-order valence-electron chi connectivity index (χ0n) is 17.1. The van der Waals surface area contributed by atoms with E-state index in [1.165, 1.54) is 0 Å². The van der Waals surface area contributed by atoms with Crippen molar-refractivity contribution in [1.29, 1.82) is 0 Å². The minimum absolute atomic E-state index is 0.0113. The van der Waals surface area contributed by atoms with Crippen LogP contribution in [0.5, 0.6) is 0 Å². The van der Waals surface area contributed by atoms with Crippen molar-refractivity contribution in [3.8, 4) is 0 Å². The summed E-state index contributed by atoms with van der Waals surface area (Å²) in [6.45, 7) is 1.43. The molecule has 1 saturated heterocycles. The molecule has 5 rings (SSSR count). The number of carboxylic acids is 2. The highest BCUT2D eigenvalue weighted by Crippen LogP contribution is 2.40. The lowest BCUT2D eigenvalue weighted by atomic mass is 9.82. The van der Waals surface area contributed by atoms with E-state index in [0.29, 0.717) is 30.7 Å². The molecular formula is C23H22BrN3O5. The number of rotatable bonds is 5. The van der Waals surface area contributed by atoms with Gasteiger partial charge in [-0.15, -0.1) is 0 Å². The second-order valence-corrected chi connectivity index (χ2v) is 9.58. The molecule has 3 aromatic rings. The summed E-state index contributed by atoms with van der Waals surface area (Å²) in [6.07, 6.45) is 2.59. The molecule has 2 aliphatic heterocycles. The van der Waals surface area contributed by atoms with E-state index in [-0.39, 0.29) is 23.9 Å². The average molecular weight is 500 g/mol. The standard InChI is InChI=1S/C23H22BrN3O5/c24-15-4-5-16-17(11-25(12-21(29)30)19(16)7-15)22(23(31)32)26-8-13-6-14(10-26)18-2-1-3-20(28)27(18)9-13/h1-5,7,11,13-14,22H,6,8-10,12H2,(H,29,30)(H,31,32)/t13-,14+,22-/m1/s1. The van der Waals surface area contributed by atoms with Crippen molar-refractivity contribution < 1.29 is 19.8 Å². The molecule has 166 valence electrons. The Morgan fingerprint density at radius 1 is 1.12 bits per heavy atom. The van der Waals surface area contributed by atoms with Gasteiger partial charge in [-0.25, -0.2) is 0 Å². The number of piperidine rings is 1. The third kappa shape index (κ3) is 3.55. The summed E-state index contributed by atoms with van der Waals surface area (Å²) in [6, 6.07) is 9.87. The molecule has 1 aromatic carbocycles. The van der Waals surface area contributed by atoms with Gasteiger partial charge in [0.1, 0.15) is 12.6 Å². The van der Waals surface area contributed by atoms with Gasteiger partial charge >= 0.3 is 11.9 Å². The van der Waals surface area contributed by atoms with E-state index in [4.69, 9.17) is 0 Å². The van der Waals surface area contributed by atoms with Gasteiger partial charge in [-0.3, -0.25) is 19.3 Å². The van der Waals surface area contributed by atoms with Crippen molar-refractivity contribution in [3.05, 3.63) is 68.7 Å². The first-order chi connectivity index (χ1) is 15.3. The number of hydrogen-bond acceptors (Lipinski definition) is 4. The quantitative estimate of drug-likeness (QED) is 0.559. The summed E-state index contributed by atoms with van der Waals surface area (Å²) < 4.78 is 4.21. The number of nitrogens with zero attached hydrogens (tertiary/aromatic N) is 3. The first-order valence-electron chi connectivity index (χ1n) is 10.5. The van der Waals surface area contributed by atoms with Crippen LogP contribution in [0.15, 0.2) is 51.9 Å². The molecule has 0 spiro atoms. The van der Waals surface area contributed by atoms with Crippen molar-refractivity contribution in [3.63, 3.8) is 0 Å². The molecule has 0 aliphatic carbocycles. The van der Waals surface area contributed by atoms with E-state index >= 15 is 0 Å². The molecule has 0 unspecified atom stereocenters. The van der Waals surface area contributed by atoms with Crippen LogP contribution >= 0.6 is 15.9 Å². The number of aromatic nitrogens is 2. The topological polar surface area (TPSA) is 105 Å². The van der Waals surface area contributed by atoms with Gasteiger partial charge in [0, 0.05) is 58.9 Å². The fourth-order valence-electron chi connectivity index (χ4n) is 5.42. The second-order valence-electron chi connectivity index (χ2n) is 8.66. The molecule has 0 radical (unpaired) electrons. The molecule has 0 saturated carbocycles. The summed E-state index contributed by atoms with van der Waals surface area (Å²) in [7, 11) is 0. The van der Waals surface area contributed by atoms with Crippen LogP contribution in [0.3, 0.4) is 0 Å². The van der Waals surface area contributed by atoms with Crippen molar-refractivity contribution in [2.24, 2.45) is 5.92 Å². The van der Waals surface area contributed by atoms with Crippen molar-refractivity contribution in [2.75, 3.05) is 13.1 Å². The summed E-state index contributed by atoms with van der Waals surface area (Å²) >= 11 is 3.42. The highest BCUT2D eigenvalue weighted by atomic mass is 79.9. The van der Waals surface area contributed by atoms with E-state index in [9.17, 15) is 24.6 Å². The van der Waals surface area contributed by atoms with E-state index in [1.807, 2.05) is 33.7 Å². The number of benzene rings is 1. The van der Waals surface area contributed by atoms with Crippen LogP contribution in [0.1, 0.15) is 29.6 Å². The number of fused-ring (bicyclic) bond motifs is 5. The van der Waals surface area contributed by atoms with Gasteiger partial charge in [0.05, 0.1) is 5.52 Å². The van der Waals surface area contributed by atoms with Gasteiger partial charge < -0.3 is 19.3 Å². The van der Waals surface area contributed by atoms with E-state index in [0.717, 1.165) is 22.0 Å². The Kier molecular flexibility index (Phi) is 5.17. The number of aliphatic carboxylic acids is 2. The molecule has 2 aliphatic rings. The monoisotopic (exact) mass is 499 g/mol. The number of carboxylic acid groups (broad SMARTS) is 2. The van der Waals surface area contributed by atoms with E-state index < -0.39 is 18.0 Å². The Labute approximate surface area is 191 Å². The SMILES string of the molecule is O=C(O)Cn1cc([C@H](C(=O)O)N2C[C@H]3C[C@@H](C2)c2cccc(=O)n2C3)c2ccc(Br)cc21. The summed E-state index contributed by atoms with van der Waals surface area (Å²) in [5, 5.41) is 20.3. The van der Waals surface area contributed by atoms with Crippen molar-refractivity contribution in [1.82, 2.24) is 14.0 Å². The van der Waals surface area contributed by atoms with Gasteiger partial charge in [0.15, 0.2) is 0 Å². The molecular weight excluding hydrogens is 478 g/mol. The van der Waals surface area contributed by atoms with Gasteiger partial charge in [0.2, 0.25) is 0 Å². The zero-order chi connectivity index (χ0) is 22.6. The number of halogens is 1. The molecule has 4 heterocycles. The first-order valence-corrected chi connectivity index (χ1v) is 11.3. The maximum Gasteiger partial charge on any atom is 0.325 e. The summed E-state index contributed by atoms with van der Waals surface area (Å²) in [5.41, 5.74) is 2.21. The van der Waals surface area contributed by atoms with Crippen molar-refractivity contribution >= 4 is 38.8 Å². The Bertz CT molecular complexity index is 1300. The maximum absolute atomic E-state index is 12.5. The smallest absolute Gasteiger partial charge is 0.325 e. The Morgan fingerprint density at radius 3 is 2.69 bits per heavy atom. The van der Waals surface area contributed by atoms with E-state index in [2.05, 4.69) is 15.9 Å². The maximum atomic E-state index is 12.5. The molecule has 2 bridgehead atoms. The Morgan fingerprint density at radius 2 is 1.94 bits per heavy atom. The third-order valence-electron chi connectivity index (χ3n) is 6.58. The lowest BCUT2D eigenvalue weighted by molar-refractivity contribution is -0.144. The molecule has 1 fully saturated rings. The predicted molar refractivity (Wildman–Crippen MR) is 121 cm³/mol. The molecule has 3 atom stereocenters. The number of likely N-dealkylation sites (tertiary alicyclic amines) is 1. The average Bonchev–Trinajstić information content (AvgIpc) is 3.05. The summed E-state index contributed by atoms with van der Waals surface area (Å²) in [4.78, 5) is 38.2. The predicted octanol–water partition coefficient (Wildman–Crippen LogP) is 2.90. The van der Waals surface area contributed by atoms with Crippen LogP contribution in [0, 0.1) is 5.92 Å². The van der Waals surface area contributed by atoms with Gasteiger partial charge in [-0.05, 0) is 30.5 Å². The zero-order valence-corrected chi connectivity index (χ0v) is 18.7. The summed E-state index contributed by atoms with van der Waals surface area (Å²) in [5.74, 6) is -1.69. The van der Waals surface area contributed by atoms with Crippen LogP contribution in [0.25, 0.3) is 10.9 Å². The van der Waals surface area contributed by atoms with Crippen LogP contribution in [-0.2, 0) is 22.7 Å². The molecule has 0 amide bonds. The van der Waals surface area contributed by atoms with Crippen LogP contribution < -0.4 is 5.56 Å². The normalized spacial score (nSPS) is 21.3. The second kappa shape index (κ2) is 7.90. The highest BCUT2D eigenvalue weighted by molar-refractivity contribution is 9.10. The first kappa shape index (κ1) is 21.0. The van der Waals surface area contributed by atoms with Crippen molar-refractivity contribution in [2.45, 2.75) is 31.5 Å². The third-order valence-corrected chi connectivity index (χ3v) is 7.08. The minimum atomic E-state index is -0.991. The Hall–Kier alpha value is -2.91. The lowest BCUT2D eigenvalue weighted by Crippen LogP contribution is -2.49. The highest BCUT2D eigenvalue weighted by Gasteiger charge is 2.40. The van der Waals surface area contributed by atoms with Crippen LogP contribution in [0.4, 0.5) is 0 Å². The van der Waals surface area contributed by atoms with Crippen LogP contribution in [0.2, 0.25) is 0 Å². The number of carbonyl (C=O) groups is 2. The van der Waals surface area contributed by atoms with Gasteiger partial charge in [-0.2, -0.15) is 0 Å².